The maximum Gasteiger partial charge on any atom is 0.254 e. The van der Waals surface area contributed by atoms with E-state index in [1.54, 1.807) is 24.3 Å². The smallest absolute Gasteiger partial charge is 0.254 e. The summed E-state index contributed by atoms with van der Waals surface area (Å²) in [5, 5.41) is 3.75. The molecule has 0 saturated carbocycles. The lowest BCUT2D eigenvalue weighted by atomic mass is 10.1. The Morgan fingerprint density at radius 2 is 1.63 bits per heavy atom. The second kappa shape index (κ2) is 10.4. The number of likely N-dealkylation sites (tertiary alicyclic amines) is 1. The molecule has 1 N–H and O–H groups in total. The van der Waals surface area contributed by atoms with Gasteiger partial charge in [0.2, 0.25) is 5.78 Å². The average molecular weight is 388 g/mol. The molecule has 0 bridgehead atoms. The number of ketones is 1. The van der Waals surface area contributed by atoms with Gasteiger partial charge in [0.15, 0.2) is 0 Å². The number of hydrogen-bond donors (Lipinski definition) is 1. The number of carbonyl (C=O) groups is 2. The van der Waals surface area contributed by atoms with Crippen LogP contribution in [0, 0.1) is 0 Å². The summed E-state index contributed by atoms with van der Waals surface area (Å²) in [6.07, 6.45) is 3.37. The Kier molecular flexibility index (Phi) is 7.98. The van der Waals surface area contributed by atoms with E-state index in [0.717, 1.165) is 37.9 Å². The van der Waals surface area contributed by atoms with E-state index in [4.69, 9.17) is 4.74 Å². The van der Waals surface area contributed by atoms with Crippen LogP contribution >= 0.6 is 12.4 Å². The molecule has 1 amide bonds. The Morgan fingerprint density at radius 1 is 1.00 bits per heavy atom. The zero-order chi connectivity index (χ0) is 18.2. The maximum atomic E-state index is 12.1. The predicted octanol–water partition coefficient (Wildman–Crippen LogP) is 3.28. The van der Waals surface area contributed by atoms with E-state index in [-0.39, 0.29) is 24.1 Å². The van der Waals surface area contributed by atoms with Gasteiger partial charge < -0.3 is 4.74 Å². The highest BCUT2D eigenvalue weighted by atomic mass is 35.5. The number of para-hydroxylation sites is 1. The third kappa shape index (κ3) is 6.51. The fourth-order valence-corrected chi connectivity index (χ4v) is 2.73. The Bertz CT molecular complexity index is 773. The lowest BCUT2D eigenvalue weighted by Crippen LogP contribution is -2.33. The largest absolute Gasteiger partial charge is 0.457 e. The second-order valence-electron chi connectivity index (χ2n) is 6.08. The molecule has 1 saturated heterocycles. The quantitative estimate of drug-likeness (QED) is 0.449. The van der Waals surface area contributed by atoms with Crippen LogP contribution in [0.4, 0.5) is 0 Å². The molecular weight excluding hydrogens is 366 g/mol. The van der Waals surface area contributed by atoms with Crippen LogP contribution < -0.4 is 10.2 Å². The van der Waals surface area contributed by atoms with Crippen molar-refractivity contribution in [3.8, 4) is 11.5 Å². The molecule has 142 valence electrons. The number of carbonyl (C=O) groups excluding carboxylic acids is 2. The standard InChI is InChI=1S/C20H21N3O3.ClH/c24-19(14-21-22-20(25)15-23-12-4-5-13-23)16-8-10-18(11-9-16)26-17-6-2-1-3-7-17;/h1-3,6-11,14H,4-5,12-13,15H2,(H,22,25);1H/b21-14+;. The van der Waals surface area contributed by atoms with Gasteiger partial charge in [-0.15, -0.1) is 12.4 Å². The monoisotopic (exact) mass is 387 g/mol. The van der Waals surface area contributed by atoms with Gasteiger partial charge in [-0.05, 0) is 62.3 Å². The molecule has 27 heavy (non-hydrogen) atoms. The average Bonchev–Trinajstić information content (AvgIpc) is 3.16. The van der Waals surface area contributed by atoms with Gasteiger partial charge in [-0.3, -0.25) is 14.5 Å². The highest BCUT2D eigenvalue weighted by molar-refractivity contribution is 6.35. The molecule has 2 aromatic rings. The van der Waals surface area contributed by atoms with E-state index in [9.17, 15) is 9.59 Å². The van der Waals surface area contributed by atoms with Crippen LogP contribution in [0.3, 0.4) is 0 Å². The van der Waals surface area contributed by atoms with Crippen molar-refractivity contribution >= 4 is 30.3 Å². The molecule has 1 aliphatic rings. The third-order valence-corrected chi connectivity index (χ3v) is 4.05. The normalized spacial score (nSPS) is 13.9. The Hall–Kier alpha value is -2.70. The van der Waals surface area contributed by atoms with Crippen molar-refractivity contribution in [3.05, 3.63) is 60.2 Å². The van der Waals surface area contributed by atoms with Gasteiger partial charge >= 0.3 is 0 Å². The summed E-state index contributed by atoms with van der Waals surface area (Å²) in [6.45, 7) is 2.19. The van der Waals surface area contributed by atoms with Crippen LogP contribution in [-0.2, 0) is 4.79 Å². The second-order valence-corrected chi connectivity index (χ2v) is 6.08. The van der Waals surface area contributed by atoms with Crippen molar-refractivity contribution in [2.45, 2.75) is 12.8 Å². The number of hydrogen-bond acceptors (Lipinski definition) is 5. The first-order valence-corrected chi connectivity index (χ1v) is 8.62. The summed E-state index contributed by atoms with van der Waals surface area (Å²) < 4.78 is 5.68. The fraction of sp³-hybridized carbons (Fsp3) is 0.250. The first-order chi connectivity index (χ1) is 12.7. The van der Waals surface area contributed by atoms with Crippen molar-refractivity contribution in [1.29, 1.82) is 0 Å². The Morgan fingerprint density at radius 3 is 2.30 bits per heavy atom. The van der Waals surface area contributed by atoms with E-state index in [1.165, 1.54) is 0 Å². The fourth-order valence-electron chi connectivity index (χ4n) is 2.73. The van der Waals surface area contributed by atoms with Gasteiger partial charge in [0.1, 0.15) is 11.5 Å². The molecule has 0 aromatic heterocycles. The molecule has 1 aliphatic heterocycles. The molecule has 1 fully saturated rings. The van der Waals surface area contributed by atoms with E-state index >= 15 is 0 Å². The summed E-state index contributed by atoms with van der Waals surface area (Å²) in [4.78, 5) is 25.9. The van der Waals surface area contributed by atoms with Crippen molar-refractivity contribution in [2.75, 3.05) is 19.6 Å². The number of nitrogens with one attached hydrogen (secondary N) is 1. The van der Waals surface area contributed by atoms with Crippen LogP contribution in [0.5, 0.6) is 11.5 Å². The summed E-state index contributed by atoms with van der Waals surface area (Å²) in [7, 11) is 0. The van der Waals surface area contributed by atoms with Gasteiger partial charge in [-0.2, -0.15) is 5.10 Å². The van der Waals surface area contributed by atoms with Crippen molar-refractivity contribution in [3.63, 3.8) is 0 Å². The Labute approximate surface area is 164 Å². The van der Waals surface area contributed by atoms with Crippen molar-refractivity contribution in [2.24, 2.45) is 5.10 Å². The van der Waals surface area contributed by atoms with Gasteiger partial charge in [-0.1, -0.05) is 18.2 Å². The predicted molar refractivity (Wildman–Crippen MR) is 107 cm³/mol. The number of rotatable bonds is 7. The zero-order valence-electron chi connectivity index (χ0n) is 14.8. The minimum Gasteiger partial charge on any atom is -0.457 e. The molecule has 2 aromatic carbocycles. The van der Waals surface area contributed by atoms with E-state index < -0.39 is 0 Å². The molecule has 0 aliphatic carbocycles. The molecular formula is C20H22ClN3O3. The molecule has 3 rings (SSSR count). The van der Waals surface area contributed by atoms with E-state index in [2.05, 4.69) is 15.4 Å². The van der Waals surface area contributed by atoms with E-state index in [1.807, 2.05) is 30.3 Å². The highest BCUT2D eigenvalue weighted by Gasteiger charge is 2.14. The van der Waals surface area contributed by atoms with E-state index in [0.29, 0.717) is 17.9 Å². The minimum absolute atomic E-state index is 0. The molecule has 1 heterocycles. The van der Waals surface area contributed by atoms with Crippen molar-refractivity contribution < 1.29 is 14.3 Å². The molecule has 0 atom stereocenters. The lowest BCUT2D eigenvalue weighted by Gasteiger charge is -2.11. The van der Waals surface area contributed by atoms with Crippen LogP contribution in [0.1, 0.15) is 23.2 Å². The topological polar surface area (TPSA) is 71.0 Å². The lowest BCUT2D eigenvalue weighted by molar-refractivity contribution is -0.121. The summed E-state index contributed by atoms with van der Waals surface area (Å²) in [5.74, 6) is 0.887. The van der Waals surface area contributed by atoms with Gasteiger partial charge in [0.05, 0.1) is 12.8 Å². The number of halogens is 1. The number of hydrazone groups is 1. The SMILES string of the molecule is Cl.O=C(CN1CCCC1)N/N=C/C(=O)c1ccc(Oc2ccccc2)cc1. The van der Waals surface area contributed by atoms with Crippen molar-refractivity contribution in [1.82, 2.24) is 10.3 Å². The molecule has 0 spiro atoms. The van der Waals surface area contributed by atoms with Crippen LogP contribution in [0.2, 0.25) is 0 Å². The van der Waals surface area contributed by atoms with Crippen LogP contribution in [0.15, 0.2) is 59.7 Å². The first-order valence-electron chi connectivity index (χ1n) is 8.62. The highest BCUT2D eigenvalue weighted by Crippen LogP contribution is 2.21. The van der Waals surface area contributed by atoms with Gasteiger partial charge in [-0.25, -0.2) is 5.43 Å². The molecule has 6 nitrogen and oxygen atoms in total. The number of benzene rings is 2. The molecule has 0 radical (unpaired) electrons. The van der Waals surface area contributed by atoms with Crippen LogP contribution in [0.25, 0.3) is 0 Å². The number of amides is 1. The number of ether oxygens (including phenoxy) is 1. The molecule has 7 heteroatoms. The Balaban J connectivity index is 0.00000261. The third-order valence-electron chi connectivity index (χ3n) is 4.05. The minimum atomic E-state index is -0.280. The number of Topliss-reactive ketones (excluding diaryl/α,β-unsaturated/α-hetero) is 1. The first kappa shape index (κ1) is 20.6. The van der Waals surface area contributed by atoms with Gasteiger partial charge in [0, 0.05) is 5.56 Å². The summed E-state index contributed by atoms with van der Waals surface area (Å²) in [6, 6.07) is 16.2. The maximum absolute atomic E-state index is 12.1. The van der Waals surface area contributed by atoms with Crippen LogP contribution in [-0.4, -0.2) is 42.4 Å². The summed E-state index contributed by atoms with van der Waals surface area (Å²) in [5.41, 5.74) is 2.87. The molecule has 0 unspecified atom stereocenters. The summed E-state index contributed by atoms with van der Waals surface area (Å²) >= 11 is 0. The number of nitrogens with zero attached hydrogens (tertiary/aromatic N) is 2. The zero-order valence-corrected chi connectivity index (χ0v) is 15.7. The van der Waals surface area contributed by atoms with Gasteiger partial charge in [0.25, 0.3) is 5.91 Å².